The van der Waals surface area contributed by atoms with Gasteiger partial charge in [-0.1, -0.05) is 20.8 Å². The fourth-order valence-electron chi connectivity index (χ4n) is 0.885. The summed E-state index contributed by atoms with van der Waals surface area (Å²) in [7, 11) is 1.14. The summed E-state index contributed by atoms with van der Waals surface area (Å²) in [5, 5.41) is 10.9. The van der Waals surface area contributed by atoms with Crippen LogP contribution in [-0.2, 0) is 19.1 Å². The molecule has 0 radical (unpaired) electrons. The standard InChI is InChI=1S/C10H17NO5/c1-10(2,3)9(15)11-6(5-7(12)13)8(14)16-4/h6H,5H2,1-4H3,(H,11,15)(H,12,13)/t6-/m1/s1. The summed E-state index contributed by atoms with van der Waals surface area (Å²) in [5.74, 6) is -2.34. The number of hydrogen-bond acceptors (Lipinski definition) is 4. The first-order valence-corrected chi connectivity index (χ1v) is 4.79. The number of carboxylic acid groups (broad SMARTS) is 1. The van der Waals surface area contributed by atoms with Crippen molar-refractivity contribution in [2.45, 2.75) is 33.2 Å². The molecule has 92 valence electrons. The maximum atomic E-state index is 11.6. The quantitative estimate of drug-likeness (QED) is 0.672. The van der Waals surface area contributed by atoms with Crippen LogP contribution in [0, 0.1) is 5.41 Å². The molecule has 0 heterocycles. The summed E-state index contributed by atoms with van der Waals surface area (Å²) in [6, 6.07) is -1.14. The van der Waals surface area contributed by atoms with Crippen LogP contribution >= 0.6 is 0 Å². The van der Waals surface area contributed by atoms with Crippen LogP contribution in [0.4, 0.5) is 0 Å². The maximum Gasteiger partial charge on any atom is 0.328 e. The van der Waals surface area contributed by atoms with E-state index in [1.807, 2.05) is 0 Å². The lowest BCUT2D eigenvalue weighted by Gasteiger charge is -2.21. The fourth-order valence-corrected chi connectivity index (χ4v) is 0.885. The molecule has 0 aliphatic heterocycles. The van der Waals surface area contributed by atoms with Crippen LogP contribution in [-0.4, -0.2) is 36.1 Å². The molecule has 0 rings (SSSR count). The topological polar surface area (TPSA) is 92.7 Å². The minimum atomic E-state index is -1.18. The number of methoxy groups -OCH3 is 1. The van der Waals surface area contributed by atoms with Crippen molar-refractivity contribution in [1.82, 2.24) is 5.32 Å². The van der Waals surface area contributed by atoms with Crippen LogP contribution in [0.25, 0.3) is 0 Å². The Labute approximate surface area is 94.0 Å². The Hall–Kier alpha value is -1.59. The third-order valence-corrected chi connectivity index (χ3v) is 1.85. The molecule has 0 aromatic heterocycles. The van der Waals surface area contributed by atoms with E-state index < -0.39 is 35.7 Å². The molecule has 2 N–H and O–H groups in total. The van der Waals surface area contributed by atoms with E-state index in [1.165, 1.54) is 0 Å². The summed E-state index contributed by atoms with van der Waals surface area (Å²) < 4.78 is 4.41. The van der Waals surface area contributed by atoms with E-state index in [4.69, 9.17) is 5.11 Å². The third-order valence-electron chi connectivity index (χ3n) is 1.85. The summed E-state index contributed by atoms with van der Waals surface area (Å²) in [5.41, 5.74) is -0.690. The van der Waals surface area contributed by atoms with Crippen molar-refractivity contribution >= 4 is 17.8 Å². The van der Waals surface area contributed by atoms with Crippen molar-refractivity contribution in [1.29, 1.82) is 0 Å². The molecule has 0 spiro atoms. The second-order valence-electron chi connectivity index (χ2n) is 4.40. The number of carbonyl (C=O) groups is 3. The molecule has 6 heteroatoms. The van der Waals surface area contributed by atoms with Crippen molar-refractivity contribution < 1.29 is 24.2 Å². The van der Waals surface area contributed by atoms with Gasteiger partial charge in [0.25, 0.3) is 0 Å². The minimum Gasteiger partial charge on any atom is -0.481 e. The molecule has 0 aliphatic carbocycles. The Kier molecular flexibility index (Phi) is 4.94. The second-order valence-corrected chi connectivity index (χ2v) is 4.40. The Bertz CT molecular complexity index is 292. The van der Waals surface area contributed by atoms with Gasteiger partial charge in [0.15, 0.2) is 0 Å². The summed E-state index contributed by atoms with van der Waals surface area (Å²) in [6.07, 6.45) is -0.492. The first-order valence-electron chi connectivity index (χ1n) is 4.79. The first kappa shape index (κ1) is 14.4. The molecule has 6 nitrogen and oxygen atoms in total. The van der Waals surface area contributed by atoms with Gasteiger partial charge in [-0.25, -0.2) is 4.79 Å². The monoisotopic (exact) mass is 231 g/mol. The van der Waals surface area contributed by atoms with E-state index in [9.17, 15) is 14.4 Å². The zero-order valence-corrected chi connectivity index (χ0v) is 9.86. The lowest BCUT2D eigenvalue weighted by atomic mass is 9.95. The SMILES string of the molecule is COC(=O)[C@@H](CC(=O)O)NC(=O)C(C)(C)C. The number of aliphatic carboxylic acids is 1. The number of hydrogen-bond donors (Lipinski definition) is 2. The van der Waals surface area contributed by atoms with E-state index >= 15 is 0 Å². The molecule has 0 aliphatic rings. The number of rotatable bonds is 4. The van der Waals surface area contributed by atoms with Gasteiger partial charge < -0.3 is 15.2 Å². The molecule has 0 saturated heterocycles. The summed E-state index contributed by atoms with van der Waals surface area (Å²) in [4.78, 5) is 33.3. The summed E-state index contributed by atoms with van der Waals surface area (Å²) in [6.45, 7) is 4.99. The predicted octanol–water partition coefficient (Wildman–Crippen LogP) is 0.165. The normalized spacial score (nSPS) is 12.8. The van der Waals surface area contributed by atoms with Gasteiger partial charge in [0.2, 0.25) is 5.91 Å². The van der Waals surface area contributed by atoms with Crippen LogP contribution in [0.5, 0.6) is 0 Å². The van der Waals surface area contributed by atoms with Gasteiger partial charge in [-0.15, -0.1) is 0 Å². The average molecular weight is 231 g/mol. The molecule has 0 aromatic rings. The fraction of sp³-hybridized carbons (Fsp3) is 0.700. The van der Waals surface area contributed by atoms with Crippen molar-refractivity contribution in [2.75, 3.05) is 7.11 Å². The van der Waals surface area contributed by atoms with Gasteiger partial charge in [-0.2, -0.15) is 0 Å². The third kappa shape index (κ3) is 4.77. The van der Waals surface area contributed by atoms with Crippen LogP contribution in [0.2, 0.25) is 0 Å². The number of carbonyl (C=O) groups excluding carboxylic acids is 2. The van der Waals surface area contributed by atoms with E-state index in [0.717, 1.165) is 7.11 Å². The molecule has 0 saturated carbocycles. The highest BCUT2D eigenvalue weighted by molar-refractivity contribution is 5.89. The molecule has 0 unspecified atom stereocenters. The summed E-state index contributed by atoms with van der Waals surface area (Å²) >= 11 is 0. The molecule has 0 aromatic carbocycles. The van der Waals surface area contributed by atoms with Crippen LogP contribution < -0.4 is 5.32 Å². The second kappa shape index (κ2) is 5.48. The lowest BCUT2D eigenvalue weighted by Crippen LogP contribution is -2.47. The molecule has 1 atom stereocenters. The highest BCUT2D eigenvalue weighted by Gasteiger charge is 2.29. The van der Waals surface area contributed by atoms with Crippen LogP contribution in [0.1, 0.15) is 27.2 Å². The maximum absolute atomic E-state index is 11.6. The number of ether oxygens (including phenoxy) is 1. The molecule has 0 bridgehead atoms. The Morgan fingerprint density at radius 1 is 1.31 bits per heavy atom. The highest BCUT2D eigenvalue weighted by atomic mass is 16.5. The van der Waals surface area contributed by atoms with Crippen molar-refractivity contribution in [3.8, 4) is 0 Å². The van der Waals surface area contributed by atoms with Gasteiger partial charge in [-0.05, 0) is 0 Å². The van der Waals surface area contributed by atoms with Gasteiger partial charge in [0.05, 0.1) is 13.5 Å². The zero-order valence-electron chi connectivity index (χ0n) is 9.86. The average Bonchev–Trinajstić information content (AvgIpc) is 2.13. The smallest absolute Gasteiger partial charge is 0.328 e. The Morgan fingerprint density at radius 3 is 2.12 bits per heavy atom. The minimum absolute atomic E-state index is 0.399. The van der Waals surface area contributed by atoms with Gasteiger partial charge in [-0.3, -0.25) is 9.59 Å². The van der Waals surface area contributed by atoms with Crippen LogP contribution in [0.3, 0.4) is 0 Å². The number of carboxylic acids is 1. The predicted molar refractivity (Wildman–Crippen MR) is 55.7 cm³/mol. The molecular weight excluding hydrogens is 214 g/mol. The zero-order chi connectivity index (χ0) is 12.9. The van der Waals surface area contributed by atoms with E-state index in [1.54, 1.807) is 20.8 Å². The first-order chi connectivity index (χ1) is 7.18. The van der Waals surface area contributed by atoms with E-state index in [0.29, 0.717) is 0 Å². The van der Waals surface area contributed by atoms with Crippen molar-refractivity contribution in [2.24, 2.45) is 5.41 Å². The molecule has 16 heavy (non-hydrogen) atoms. The number of esters is 1. The molecule has 1 amide bonds. The highest BCUT2D eigenvalue weighted by Crippen LogP contribution is 2.13. The Morgan fingerprint density at radius 2 is 1.81 bits per heavy atom. The number of amides is 1. The molecular formula is C10H17NO5. The number of nitrogens with one attached hydrogen (secondary N) is 1. The van der Waals surface area contributed by atoms with Crippen molar-refractivity contribution in [3.63, 3.8) is 0 Å². The van der Waals surface area contributed by atoms with E-state index in [2.05, 4.69) is 10.1 Å². The van der Waals surface area contributed by atoms with Gasteiger partial charge >= 0.3 is 11.9 Å². The van der Waals surface area contributed by atoms with Gasteiger partial charge in [0.1, 0.15) is 6.04 Å². The van der Waals surface area contributed by atoms with E-state index in [-0.39, 0.29) is 0 Å². The Balaban J connectivity index is 4.61. The van der Waals surface area contributed by atoms with Crippen LogP contribution in [0.15, 0.2) is 0 Å². The molecule has 0 fully saturated rings. The largest absolute Gasteiger partial charge is 0.481 e. The van der Waals surface area contributed by atoms with Crippen molar-refractivity contribution in [3.05, 3.63) is 0 Å². The van der Waals surface area contributed by atoms with Gasteiger partial charge in [0, 0.05) is 5.41 Å². The lowest BCUT2D eigenvalue weighted by molar-refractivity contribution is -0.150.